The van der Waals surface area contributed by atoms with E-state index < -0.39 is 17.3 Å². The van der Waals surface area contributed by atoms with E-state index >= 15 is 0 Å². The van der Waals surface area contributed by atoms with E-state index in [0.717, 1.165) is 12.1 Å². The van der Waals surface area contributed by atoms with Crippen LogP contribution in [0.15, 0.2) is 42.6 Å². The molecule has 0 fully saturated rings. The standard InChI is InChI=1S/C13H7F3N2O/c14-13(15,16)11-7-10(5-4-9(11)8-17)19-12-3-1-2-6-18-12/h1-7H. The number of nitrogens with zero attached hydrogens (tertiary/aromatic N) is 2. The minimum absolute atomic E-state index is 0.0231. The van der Waals surface area contributed by atoms with E-state index in [1.165, 1.54) is 24.4 Å². The van der Waals surface area contributed by atoms with Crippen molar-refractivity contribution in [3.8, 4) is 17.7 Å². The molecule has 0 radical (unpaired) electrons. The molecule has 0 atom stereocenters. The number of alkyl halides is 3. The number of pyridine rings is 1. The predicted molar refractivity (Wildman–Crippen MR) is 60.5 cm³/mol. The lowest BCUT2D eigenvalue weighted by atomic mass is 10.1. The molecule has 6 heteroatoms. The molecule has 2 rings (SSSR count). The highest BCUT2D eigenvalue weighted by Gasteiger charge is 2.34. The number of hydrogen-bond acceptors (Lipinski definition) is 3. The van der Waals surface area contributed by atoms with Gasteiger partial charge in [0.05, 0.1) is 17.2 Å². The average molecular weight is 264 g/mol. The van der Waals surface area contributed by atoms with Crippen molar-refractivity contribution < 1.29 is 17.9 Å². The topological polar surface area (TPSA) is 45.9 Å². The highest BCUT2D eigenvalue weighted by Crippen LogP contribution is 2.34. The SMILES string of the molecule is N#Cc1ccc(Oc2ccccn2)cc1C(F)(F)F. The summed E-state index contributed by atoms with van der Waals surface area (Å²) in [5, 5.41) is 8.66. The van der Waals surface area contributed by atoms with Crippen molar-refractivity contribution in [3.05, 3.63) is 53.7 Å². The smallest absolute Gasteiger partial charge is 0.417 e. The first-order valence-electron chi connectivity index (χ1n) is 5.21. The average Bonchev–Trinajstić information content (AvgIpc) is 2.39. The zero-order chi connectivity index (χ0) is 13.9. The monoisotopic (exact) mass is 264 g/mol. The molecule has 0 unspecified atom stereocenters. The Kier molecular flexibility index (Phi) is 3.38. The fraction of sp³-hybridized carbons (Fsp3) is 0.0769. The van der Waals surface area contributed by atoms with Gasteiger partial charge in [-0.1, -0.05) is 6.07 Å². The van der Waals surface area contributed by atoms with E-state index in [4.69, 9.17) is 10.00 Å². The van der Waals surface area contributed by atoms with Crippen LogP contribution in [0.25, 0.3) is 0 Å². The summed E-state index contributed by atoms with van der Waals surface area (Å²) < 4.78 is 43.4. The lowest BCUT2D eigenvalue weighted by Crippen LogP contribution is -2.08. The first-order chi connectivity index (χ1) is 9.00. The Bertz CT molecular complexity index is 618. The van der Waals surface area contributed by atoms with Gasteiger partial charge >= 0.3 is 6.18 Å². The third-order valence-corrected chi connectivity index (χ3v) is 2.28. The Labute approximate surface area is 106 Å². The first-order valence-corrected chi connectivity index (χ1v) is 5.21. The van der Waals surface area contributed by atoms with Gasteiger partial charge in [0, 0.05) is 12.3 Å². The van der Waals surface area contributed by atoms with Crippen molar-refractivity contribution in [3.63, 3.8) is 0 Å². The largest absolute Gasteiger partial charge is 0.439 e. The lowest BCUT2D eigenvalue weighted by Gasteiger charge is -2.11. The van der Waals surface area contributed by atoms with Crippen molar-refractivity contribution in [2.75, 3.05) is 0 Å². The third-order valence-electron chi connectivity index (χ3n) is 2.28. The second-order valence-corrected chi connectivity index (χ2v) is 3.59. The summed E-state index contributed by atoms with van der Waals surface area (Å²) in [7, 11) is 0. The quantitative estimate of drug-likeness (QED) is 0.829. The van der Waals surface area contributed by atoms with Crippen LogP contribution in [0.5, 0.6) is 11.6 Å². The lowest BCUT2D eigenvalue weighted by molar-refractivity contribution is -0.137. The predicted octanol–water partition coefficient (Wildman–Crippen LogP) is 3.76. The Morgan fingerprint density at radius 3 is 2.53 bits per heavy atom. The first kappa shape index (κ1) is 12.9. The molecule has 0 bridgehead atoms. The van der Waals surface area contributed by atoms with Crippen LogP contribution in [0.3, 0.4) is 0 Å². The van der Waals surface area contributed by atoms with Gasteiger partial charge in [0.2, 0.25) is 5.88 Å². The fourth-order valence-corrected chi connectivity index (χ4v) is 1.45. The van der Waals surface area contributed by atoms with E-state index in [1.54, 1.807) is 12.1 Å². The van der Waals surface area contributed by atoms with Crippen LogP contribution >= 0.6 is 0 Å². The molecule has 0 aliphatic rings. The minimum atomic E-state index is -4.60. The highest BCUT2D eigenvalue weighted by atomic mass is 19.4. The number of aromatic nitrogens is 1. The highest BCUT2D eigenvalue weighted by molar-refractivity contribution is 5.45. The van der Waals surface area contributed by atoms with Gasteiger partial charge in [0.25, 0.3) is 0 Å². The summed E-state index contributed by atoms with van der Waals surface area (Å²) in [6.45, 7) is 0. The number of ether oxygens (including phenoxy) is 1. The summed E-state index contributed by atoms with van der Waals surface area (Å²) >= 11 is 0. The summed E-state index contributed by atoms with van der Waals surface area (Å²) in [6, 6.07) is 9.48. The second-order valence-electron chi connectivity index (χ2n) is 3.59. The summed E-state index contributed by atoms with van der Waals surface area (Å²) in [6.07, 6.45) is -3.14. The zero-order valence-corrected chi connectivity index (χ0v) is 9.48. The van der Waals surface area contributed by atoms with E-state index in [0.29, 0.717) is 0 Å². The van der Waals surface area contributed by atoms with Crippen molar-refractivity contribution in [2.24, 2.45) is 0 Å². The van der Waals surface area contributed by atoms with Crippen LogP contribution in [0.2, 0.25) is 0 Å². The molecule has 96 valence electrons. The Balaban J connectivity index is 2.37. The van der Waals surface area contributed by atoms with Crippen LogP contribution in [0, 0.1) is 11.3 Å². The zero-order valence-electron chi connectivity index (χ0n) is 9.48. The Morgan fingerprint density at radius 2 is 1.95 bits per heavy atom. The maximum absolute atomic E-state index is 12.7. The molecule has 1 aromatic heterocycles. The molecule has 0 spiro atoms. The number of benzene rings is 1. The number of hydrogen-bond donors (Lipinski definition) is 0. The Hall–Kier alpha value is -2.55. The molecule has 0 aliphatic carbocycles. The number of halogens is 3. The van der Waals surface area contributed by atoms with E-state index in [9.17, 15) is 13.2 Å². The van der Waals surface area contributed by atoms with Gasteiger partial charge in [0.15, 0.2) is 0 Å². The molecule has 0 amide bonds. The van der Waals surface area contributed by atoms with Crippen molar-refractivity contribution in [1.29, 1.82) is 5.26 Å². The fourth-order valence-electron chi connectivity index (χ4n) is 1.45. The molecule has 0 saturated heterocycles. The van der Waals surface area contributed by atoms with E-state index in [1.807, 2.05) is 0 Å². The van der Waals surface area contributed by atoms with Crippen LogP contribution in [-0.2, 0) is 6.18 Å². The molecule has 0 saturated carbocycles. The molecular weight excluding hydrogens is 257 g/mol. The third kappa shape index (κ3) is 3.01. The van der Waals surface area contributed by atoms with Gasteiger partial charge < -0.3 is 4.74 Å². The van der Waals surface area contributed by atoms with Gasteiger partial charge in [0.1, 0.15) is 5.75 Å². The van der Waals surface area contributed by atoms with Crippen LogP contribution in [0.1, 0.15) is 11.1 Å². The van der Waals surface area contributed by atoms with Gasteiger partial charge in [-0.3, -0.25) is 0 Å². The maximum atomic E-state index is 12.7. The van der Waals surface area contributed by atoms with Gasteiger partial charge in [-0.2, -0.15) is 18.4 Å². The second kappa shape index (κ2) is 4.98. The van der Waals surface area contributed by atoms with Gasteiger partial charge in [-0.25, -0.2) is 4.98 Å². The van der Waals surface area contributed by atoms with Crippen molar-refractivity contribution in [1.82, 2.24) is 4.98 Å². The molecule has 2 aromatic rings. The number of rotatable bonds is 2. The molecule has 1 aromatic carbocycles. The van der Waals surface area contributed by atoms with E-state index in [-0.39, 0.29) is 11.6 Å². The number of nitriles is 1. The molecule has 19 heavy (non-hydrogen) atoms. The Morgan fingerprint density at radius 1 is 1.16 bits per heavy atom. The molecular formula is C13H7F3N2O. The molecule has 0 N–H and O–H groups in total. The van der Waals surface area contributed by atoms with Gasteiger partial charge in [-0.05, 0) is 24.3 Å². The van der Waals surface area contributed by atoms with Gasteiger partial charge in [-0.15, -0.1) is 0 Å². The molecule has 3 nitrogen and oxygen atoms in total. The summed E-state index contributed by atoms with van der Waals surface area (Å²) in [4.78, 5) is 3.84. The van der Waals surface area contributed by atoms with Crippen LogP contribution in [0.4, 0.5) is 13.2 Å². The van der Waals surface area contributed by atoms with Crippen molar-refractivity contribution >= 4 is 0 Å². The van der Waals surface area contributed by atoms with Crippen LogP contribution < -0.4 is 4.74 Å². The van der Waals surface area contributed by atoms with E-state index in [2.05, 4.69) is 4.98 Å². The summed E-state index contributed by atoms with van der Waals surface area (Å²) in [5.74, 6) is 0.158. The minimum Gasteiger partial charge on any atom is -0.439 e. The normalized spacial score (nSPS) is 10.8. The summed E-state index contributed by atoms with van der Waals surface area (Å²) in [5.41, 5.74) is -1.47. The van der Waals surface area contributed by atoms with Crippen molar-refractivity contribution in [2.45, 2.75) is 6.18 Å². The van der Waals surface area contributed by atoms with Crippen LogP contribution in [-0.4, -0.2) is 4.98 Å². The maximum Gasteiger partial charge on any atom is 0.417 e. The molecule has 0 aliphatic heterocycles. The molecule has 1 heterocycles.